The van der Waals surface area contributed by atoms with Gasteiger partial charge in [-0.05, 0) is 32.4 Å². The van der Waals surface area contributed by atoms with Gasteiger partial charge in [0.15, 0.2) is 0 Å². The van der Waals surface area contributed by atoms with Crippen LogP contribution in [0.25, 0.3) is 0 Å². The molecule has 3 nitrogen and oxygen atoms in total. The van der Waals surface area contributed by atoms with Crippen LogP contribution in [0.2, 0.25) is 0 Å². The molecule has 1 aromatic rings. The summed E-state index contributed by atoms with van der Waals surface area (Å²) < 4.78 is 33.0. The molecule has 0 aromatic heterocycles. The fourth-order valence-corrected chi connectivity index (χ4v) is 2.48. The number of nitrogens with one attached hydrogen (secondary N) is 1. The van der Waals surface area contributed by atoms with Gasteiger partial charge in [0.25, 0.3) is 5.91 Å². The normalized spacial score (nSPS) is 26.5. The number of halogens is 3. The topological polar surface area (TPSA) is 38.3 Å². The van der Waals surface area contributed by atoms with Gasteiger partial charge in [-0.2, -0.15) is 0 Å². The quantitative estimate of drug-likeness (QED) is 0.903. The second kappa shape index (κ2) is 5.17. The van der Waals surface area contributed by atoms with E-state index in [1.807, 2.05) is 6.92 Å². The van der Waals surface area contributed by atoms with E-state index < -0.39 is 28.6 Å². The molecular formula is C13H14BrF2NO2. The Morgan fingerprint density at radius 2 is 2.05 bits per heavy atom. The van der Waals surface area contributed by atoms with Crippen molar-refractivity contribution >= 4 is 21.8 Å². The molecular weight excluding hydrogens is 320 g/mol. The summed E-state index contributed by atoms with van der Waals surface area (Å²) >= 11 is 2.97. The number of hydrogen-bond acceptors (Lipinski definition) is 2. The van der Waals surface area contributed by atoms with Crippen LogP contribution in [0.15, 0.2) is 16.6 Å². The summed E-state index contributed by atoms with van der Waals surface area (Å²) in [6, 6.07) is 2.13. The molecule has 1 heterocycles. The van der Waals surface area contributed by atoms with Gasteiger partial charge in [-0.15, -0.1) is 0 Å². The molecule has 104 valence electrons. The molecule has 0 saturated carbocycles. The summed E-state index contributed by atoms with van der Waals surface area (Å²) in [5, 5.41) is 2.66. The molecule has 0 radical (unpaired) electrons. The van der Waals surface area contributed by atoms with E-state index in [9.17, 15) is 13.6 Å². The zero-order chi connectivity index (χ0) is 14.2. The van der Waals surface area contributed by atoms with E-state index in [-0.39, 0.29) is 10.6 Å². The second-order valence-electron chi connectivity index (χ2n) is 4.88. The lowest BCUT2D eigenvalue weighted by atomic mass is 9.94. The van der Waals surface area contributed by atoms with E-state index in [0.29, 0.717) is 13.0 Å². The number of carbonyl (C=O) groups is 1. The van der Waals surface area contributed by atoms with Crippen LogP contribution in [0.3, 0.4) is 0 Å². The van der Waals surface area contributed by atoms with Gasteiger partial charge in [0, 0.05) is 11.1 Å². The van der Waals surface area contributed by atoms with Gasteiger partial charge in [0.1, 0.15) is 17.2 Å². The lowest BCUT2D eigenvalue weighted by Crippen LogP contribution is -2.51. The Bertz CT molecular complexity index is 500. The molecule has 1 saturated heterocycles. The van der Waals surface area contributed by atoms with E-state index in [0.717, 1.165) is 12.1 Å². The van der Waals surface area contributed by atoms with Crippen molar-refractivity contribution in [2.24, 2.45) is 0 Å². The summed E-state index contributed by atoms with van der Waals surface area (Å²) in [6.45, 7) is 4.14. The van der Waals surface area contributed by atoms with E-state index in [2.05, 4.69) is 21.2 Å². The third-order valence-corrected chi connectivity index (χ3v) is 3.98. The van der Waals surface area contributed by atoms with Crippen LogP contribution >= 0.6 is 15.9 Å². The Morgan fingerprint density at radius 3 is 2.53 bits per heavy atom. The maximum absolute atomic E-state index is 13.7. The van der Waals surface area contributed by atoms with Crippen LogP contribution in [0, 0.1) is 11.6 Å². The molecule has 1 aliphatic rings. The predicted molar refractivity (Wildman–Crippen MR) is 70.0 cm³/mol. The predicted octanol–water partition coefficient (Wildman–Crippen LogP) is 3.02. The second-order valence-corrected chi connectivity index (χ2v) is 5.79. The van der Waals surface area contributed by atoms with E-state index >= 15 is 0 Å². The van der Waals surface area contributed by atoms with Gasteiger partial charge in [-0.1, -0.05) is 15.9 Å². The zero-order valence-electron chi connectivity index (χ0n) is 10.6. The first-order valence-electron chi connectivity index (χ1n) is 5.92. The molecule has 19 heavy (non-hydrogen) atoms. The van der Waals surface area contributed by atoms with E-state index in [4.69, 9.17) is 4.74 Å². The maximum Gasteiger partial charge on any atom is 0.257 e. The SMILES string of the molecule is CC1OCCC1(C)NC(=O)c1c(F)cc(Br)cc1F. The minimum absolute atomic E-state index is 0.196. The van der Waals surface area contributed by atoms with Crippen molar-refractivity contribution < 1.29 is 18.3 Å². The number of ether oxygens (including phenoxy) is 1. The van der Waals surface area contributed by atoms with E-state index in [1.54, 1.807) is 6.92 Å². The van der Waals surface area contributed by atoms with Gasteiger partial charge >= 0.3 is 0 Å². The fraction of sp³-hybridized carbons (Fsp3) is 0.462. The molecule has 1 amide bonds. The Morgan fingerprint density at radius 1 is 1.47 bits per heavy atom. The van der Waals surface area contributed by atoms with Gasteiger partial charge in [-0.25, -0.2) is 8.78 Å². The van der Waals surface area contributed by atoms with Crippen molar-refractivity contribution in [3.8, 4) is 0 Å². The molecule has 1 N–H and O–H groups in total. The average molecular weight is 334 g/mol. The Hall–Kier alpha value is -1.01. The third kappa shape index (κ3) is 2.79. The van der Waals surface area contributed by atoms with Crippen LogP contribution in [-0.4, -0.2) is 24.2 Å². The maximum atomic E-state index is 13.7. The van der Waals surface area contributed by atoms with Crippen molar-refractivity contribution in [2.75, 3.05) is 6.61 Å². The molecule has 2 rings (SSSR count). The fourth-order valence-electron chi connectivity index (χ4n) is 2.08. The summed E-state index contributed by atoms with van der Waals surface area (Å²) in [4.78, 5) is 12.0. The highest BCUT2D eigenvalue weighted by Gasteiger charge is 2.39. The highest BCUT2D eigenvalue weighted by atomic mass is 79.9. The molecule has 0 bridgehead atoms. The van der Waals surface area contributed by atoms with Crippen molar-refractivity contribution in [1.29, 1.82) is 0 Å². The van der Waals surface area contributed by atoms with Crippen LogP contribution in [0.5, 0.6) is 0 Å². The first-order valence-corrected chi connectivity index (χ1v) is 6.71. The Kier molecular flexibility index (Phi) is 3.92. The number of benzene rings is 1. The smallest absolute Gasteiger partial charge is 0.257 e. The lowest BCUT2D eigenvalue weighted by molar-refractivity contribution is 0.0721. The van der Waals surface area contributed by atoms with Crippen molar-refractivity contribution in [1.82, 2.24) is 5.32 Å². The molecule has 0 aliphatic carbocycles. The van der Waals surface area contributed by atoms with Gasteiger partial charge < -0.3 is 10.1 Å². The van der Waals surface area contributed by atoms with Gasteiger partial charge in [0.2, 0.25) is 0 Å². The van der Waals surface area contributed by atoms with Crippen LogP contribution < -0.4 is 5.32 Å². The summed E-state index contributed by atoms with van der Waals surface area (Å²) in [5.41, 5.74) is -1.17. The highest BCUT2D eigenvalue weighted by molar-refractivity contribution is 9.10. The van der Waals surface area contributed by atoms with Crippen LogP contribution in [0.4, 0.5) is 8.78 Å². The minimum Gasteiger partial charge on any atom is -0.376 e. The molecule has 2 unspecified atom stereocenters. The minimum atomic E-state index is -0.889. The third-order valence-electron chi connectivity index (χ3n) is 3.52. The number of amides is 1. The summed E-state index contributed by atoms with van der Waals surface area (Å²) in [5.74, 6) is -2.54. The van der Waals surface area contributed by atoms with Gasteiger partial charge in [0.05, 0.1) is 11.6 Å². The zero-order valence-corrected chi connectivity index (χ0v) is 12.2. The summed E-state index contributed by atoms with van der Waals surface area (Å²) in [6.07, 6.45) is 0.415. The Balaban J connectivity index is 2.26. The number of carbonyl (C=O) groups excluding carboxylic acids is 1. The first-order chi connectivity index (χ1) is 8.83. The first kappa shape index (κ1) is 14.4. The number of hydrogen-bond donors (Lipinski definition) is 1. The number of rotatable bonds is 2. The molecule has 1 aliphatic heterocycles. The standard InChI is InChI=1S/C13H14BrF2NO2/c1-7-13(2,3-4-19-7)17-12(18)11-9(15)5-8(14)6-10(11)16/h5-7H,3-4H2,1-2H3,(H,17,18). The molecule has 2 atom stereocenters. The van der Waals surface area contributed by atoms with Gasteiger partial charge in [-0.3, -0.25) is 4.79 Å². The van der Waals surface area contributed by atoms with Crippen LogP contribution in [-0.2, 0) is 4.74 Å². The van der Waals surface area contributed by atoms with Crippen LogP contribution in [0.1, 0.15) is 30.6 Å². The largest absolute Gasteiger partial charge is 0.376 e. The summed E-state index contributed by atoms with van der Waals surface area (Å²) in [7, 11) is 0. The van der Waals surface area contributed by atoms with E-state index in [1.165, 1.54) is 0 Å². The molecule has 1 fully saturated rings. The molecule has 0 spiro atoms. The van der Waals surface area contributed by atoms with Crippen molar-refractivity contribution in [3.05, 3.63) is 33.8 Å². The molecule has 6 heteroatoms. The molecule has 1 aromatic carbocycles. The lowest BCUT2D eigenvalue weighted by Gasteiger charge is -2.29. The van der Waals surface area contributed by atoms with Crippen molar-refractivity contribution in [2.45, 2.75) is 31.9 Å². The Labute approximate surface area is 118 Å². The highest BCUT2D eigenvalue weighted by Crippen LogP contribution is 2.26. The monoisotopic (exact) mass is 333 g/mol. The van der Waals surface area contributed by atoms with Crippen molar-refractivity contribution in [3.63, 3.8) is 0 Å². The average Bonchev–Trinajstić information content (AvgIpc) is 2.56.